The first-order valence-corrected chi connectivity index (χ1v) is 9.25. The minimum absolute atomic E-state index is 0.294. The molecule has 1 aromatic rings. The molecule has 3 unspecified atom stereocenters. The van der Waals surface area contributed by atoms with Crippen LogP contribution in [0.4, 0.5) is 0 Å². The number of hydrogen-bond acceptors (Lipinski definition) is 6. The van der Waals surface area contributed by atoms with Crippen LogP contribution in [0.15, 0.2) is 0 Å². The molecule has 0 spiro atoms. The summed E-state index contributed by atoms with van der Waals surface area (Å²) in [5, 5.41) is 2.78. The summed E-state index contributed by atoms with van der Waals surface area (Å²) >= 11 is 5.59. The average Bonchev–Trinajstić information content (AvgIpc) is 2.75. The second-order valence-corrected chi connectivity index (χ2v) is 8.78. The molecule has 3 atom stereocenters. The SMILES string of the molecule is CCOC(=O)c1nc(C2CSC(C)C(C)S2)sc1C. The molecule has 2 rings (SSSR count). The number of aryl methyl sites for hydroxylation is 1. The monoisotopic (exact) mass is 317 g/mol. The molecule has 0 N–H and O–H groups in total. The van der Waals surface area contributed by atoms with E-state index in [1.165, 1.54) is 0 Å². The number of ether oxygens (including phenoxy) is 1. The van der Waals surface area contributed by atoms with Crippen LogP contribution in [-0.4, -0.2) is 33.8 Å². The molecule has 0 radical (unpaired) electrons. The van der Waals surface area contributed by atoms with Crippen LogP contribution >= 0.6 is 34.9 Å². The lowest BCUT2D eigenvalue weighted by atomic mass is 10.3. The van der Waals surface area contributed by atoms with E-state index in [0.717, 1.165) is 15.6 Å². The molecule has 0 amide bonds. The molecule has 1 fully saturated rings. The van der Waals surface area contributed by atoms with E-state index in [2.05, 4.69) is 18.8 Å². The van der Waals surface area contributed by atoms with Crippen molar-refractivity contribution in [1.82, 2.24) is 4.98 Å². The van der Waals surface area contributed by atoms with Crippen molar-refractivity contribution >= 4 is 40.8 Å². The molecule has 1 aliphatic heterocycles. The maximum Gasteiger partial charge on any atom is 0.358 e. The summed E-state index contributed by atoms with van der Waals surface area (Å²) < 4.78 is 5.04. The topological polar surface area (TPSA) is 39.2 Å². The largest absolute Gasteiger partial charge is 0.461 e. The lowest BCUT2D eigenvalue weighted by Gasteiger charge is -2.30. The van der Waals surface area contributed by atoms with Crippen LogP contribution in [0.3, 0.4) is 0 Å². The van der Waals surface area contributed by atoms with Gasteiger partial charge in [-0.3, -0.25) is 0 Å². The van der Waals surface area contributed by atoms with E-state index in [1.54, 1.807) is 11.3 Å². The van der Waals surface area contributed by atoms with Gasteiger partial charge in [-0.2, -0.15) is 11.8 Å². The molecular formula is C13H19NO2S3. The molecule has 106 valence electrons. The van der Waals surface area contributed by atoms with Crippen molar-refractivity contribution < 1.29 is 9.53 Å². The minimum atomic E-state index is -0.294. The predicted octanol–water partition coefficient (Wildman–Crippen LogP) is 3.93. The van der Waals surface area contributed by atoms with Crippen LogP contribution in [0.1, 0.15) is 46.4 Å². The number of nitrogens with zero attached hydrogens (tertiary/aromatic N) is 1. The average molecular weight is 318 g/mol. The molecule has 0 bridgehead atoms. The van der Waals surface area contributed by atoms with Crippen LogP contribution < -0.4 is 0 Å². The summed E-state index contributed by atoms with van der Waals surface area (Å²) in [5.41, 5.74) is 0.499. The number of rotatable bonds is 3. The number of hydrogen-bond donors (Lipinski definition) is 0. The van der Waals surface area contributed by atoms with Gasteiger partial charge in [-0.25, -0.2) is 9.78 Å². The molecule has 1 aromatic heterocycles. The van der Waals surface area contributed by atoms with E-state index >= 15 is 0 Å². The highest BCUT2D eigenvalue weighted by atomic mass is 32.2. The Bertz CT molecular complexity index is 461. The first kappa shape index (κ1) is 15.2. The lowest BCUT2D eigenvalue weighted by Crippen LogP contribution is -2.21. The number of aromatic nitrogens is 1. The van der Waals surface area contributed by atoms with Crippen LogP contribution in [0.5, 0.6) is 0 Å². The summed E-state index contributed by atoms with van der Waals surface area (Å²) in [7, 11) is 0. The Morgan fingerprint density at radius 1 is 1.42 bits per heavy atom. The Balaban J connectivity index is 2.14. The second kappa shape index (κ2) is 6.50. The van der Waals surface area contributed by atoms with Crippen molar-refractivity contribution in [1.29, 1.82) is 0 Å². The predicted molar refractivity (Wildman–Crippen MR) is 84.5 cm³/mol. The van der Waals surface area contributed by atoms with Gasteiger partial charge in [0.05, 0.1) is 11.9 Å². The van der Waals surface area contributed by atoms with Crippen LogP contribution in [0, 0.1) is 6.92 Å². The summed E-state index contributed by atoms with van der Waals surface area (Å²) in [6.45, 7) is 8.70. The Labute approximate surface area is 126 Å². The normalized spacial score (nSPS) is 27.3. The number of carbonyl (C=O) groups is 1. The van der Waals surface area contributed by atoms with Gasteiger partial charge in [0, 0.05) is 21.1 Å². The standard InChI is InChI=1S/C13H19NO2S3/c1-5-16-13(15)11-9(4)19-12(14-11)10-6-17-7(2)8(3)18-10/h7-8,10H,5-6H2,1-4H3. The molecule has 0 aromatic carbocycles. The number of carbonyl (C=O) groups excluding carboxylic acids is 1. The molecule has 0 aliphatic carbocycles. The van der Waals surface area contributed by atoms with E-state index in [-0.39, 0.29) is 5.97 Å². The highest BCUT2D eigenvalue weighted by molar-refractivity contribution is 8.07. The third-order valence-electron chi connectivity index (χ3n) is 3.11. The summed E-state index contributed by atoms with van der Waals surface area (Å²) in [6, 6.07) is 0. The van der Waals surface area contributed by atoms with Crippen molar-refractivity contribution in [2.45, 2.75) is 43.4 Å². The van der Waals surface area contributed by atoms with E-state index in [1.807, 2.05) is 37.4 Å². The zero-order chi connectivity index (χ0) is 14.0. The molecule has 1 saturated heterocycles. The molecule has 1 aliphatic rings. The molecule has 6 heteroatoms. The van der Waals surface area contributed by atoms with Gasteiger partial charge in [-0.15, -0.1) is 23.1 Å². The van der Waals surface area contributed by atoms with Gasteiger partial charge >= 0.3 is 5.97 Å². The van der Waals surface area contributed by atoms with Crippen LogP contribution in [0.25, 0.3) is 0 Å². The molecule has 0 saturated carbocycles. The third kappa shape index (κ3) is 3.47. The fraction of sp³-hybridized carbons (Fsp3) is 0.692. The van der Waals surface area contributed by atoms with Gasteiger partial charge in [0.1, 0.15) is 5.01 Å². The van der Waals surface area contributed by atoms with E-state index in [4.69, 9.17) is 4.74 Å². The van der Waals surface area contributed by atoms with Gasteiger partial charge in [-0.05, 0) is 13.8 Å². The number of thiazole rings is 1. The molecule has 19 heavy (non-hydrogen) atoms. The smallest absolute Gasteiger partial charge is 0.358 e. The van der Waals surface area contributed by atoms with Crippen LogP contribution in [-0.2, 0) is 4.74 Å². The van der Waals surface area contributed by atoms with Gasteiger partial charge in [0.15, 0.2) is 5.69 Å². The van der Waals surface area contributed by atoms with Gasteiger partial charge in [-0.1, -0.05) is 13.8 Å². The summed E-state index contributed by atoms with van der Waals surface area (Å²) in [4.78, 5) is 17.3. The van der Waals surface area contributed by atoms with E-state index < -0.39 is 0 Å². The van der Waals surface area contributed by atoms with E-state index in [0.29, 0.717) is 28.1 Å². The van der Waals surface area contributed by atoms with Gasteiger partial charge in [0.25, 0.3) is 0 Å². The fourth-order valence-electron chi connectivity index (χ4n) is 1.86. The summed E-state index contributed by atoms with van der Waals surface area (Å²) in [5.74, 6) is 0.781. The molecule has 2 heterocycles. The van der Waals surface area contributed by atoms with Crippen molar-refractivity contribution in [3.63, 3.8) is 0 Å². The Morgan fingerprint density at radius 2 is 2.16 bits per heavy atom. The Kier molecular flexibility index (Phi) is 5.20. The highest BCUT2D eigenvalue weighted by Crippen LogP contribution is 2.45. The Hall–Kier alpha value is -0.200. The zero-order valence-electron chi connectivity index (χ0n) is 11.6. The van der Waals surface area contributed by atoms with Crippen molar-refractivity contribution in [2.75, 3.05) is 12.4 Å². The fourth-order valence-corrected chi connectivity index (χ4v) is 5.96. The maximum absolute atomic E-state index is 11.8. The van der Waals surface area contributed by atoms with Gasteiger partial charge < -0.3 is 4.74 Å². The molecule has 3 nitrogen and oxygen atoms in total. The van der Waals surface area contributed by atoms with Gasteiger partial charge in [0.2, 0.25) is 0 Å². The quantitative estimate of drug-likeness (QED) is 0.790. The first-order chi connectivity index (χ1) is 9.02. The van der Waals surface area contributed by atoms with Crippen molar-refractivity contribution in [3.05, 3.63) is 15.6 Å². The highest BCUT2D eigenvalue weighted by Gasteiger charge is 2.30. The number of thioether (sulfide) groups is 2. The zero-order valence-corrected chi connectivity index (χ0v) is 14.1. The third-order valence-corrected chi connectivity index (χ3v) is 7.74. The Morgan fingerprint density at radius 3 is 2.79 bits per heavy atom. The lowest BCUT2D eigenvalue weighted by molar-refractivity contribution is 0.0519. The van der Waals surface area contributed by atoms with Crippen molar-refractivity contribution in [2.24, 2.45) is 0 Å². The maximum atomic E-state index is 11.8. The molecular weight excluding hydrogens is 298 g/mol. The van der Waals surface area contributed by atoms with E-state index in [9.17, 15) is 4.79 Å². The van der Waals surface area contributed by atoms with Crippen LogP contribution in [0.2, 0.25) is 0 Å². The number of esters is 1. The minimum Gasteiger partial charge on any atom is -0.461 e. The van der Waals surface area contributed by atoms with Crippen molar-refractivity contribution in [3.8, 4) is 0 Å². The summed E-state index contributed by atoms with van der Waals surface area (Å²) in [6.07, 6.45) is 0. The first-order valence-electron chi connectivity index (χ1n) is 6.44. The second-order valence-electron chi connectivity index (χ2n) is 4.55.